The average Bonchev–Trinajstić information content (AvgIpc) is 2.57. The van der Waals surface area contributed by atoms with Crippen LogP contribution in [0.5, 0.6) is 0 Å². The van der Waals surface area contributed by atoms with E-state index in [1.165, 1.54) is 75.1 Å². The topological polar surface area (TPSA) is 7.68 Å². The van der Waals surface area contributed by atoms with Gasteiger partial charge in [-0.25, -0.2) is 0 Å². The molecular formula is C20H33N2+. The third kappa shape index (κ3) is 3.48. The zero-order valence-electron chi connectivity index (χ0n) is 14.7. The van der Waals surface area contributed by atoms with E-state index in [1.807, 2.05) is 4.90 Å². The van der Waals surface area contributed by atoms with Gasteiger partial charge in [0.05, 0.1) is 32.2 Å². The normalized spacial score (nSPS) is 27.1. The Balaban J connectivity index is 1.55. The van der Waals surface area contributed by atoms with Crippen molar-refractivity contribution in [3.63, 3.8) is 0 Å². The molecule has 0 atom stereocenters. The summed E-state index contributed by atoms with van der Waals surface area (Å²) in [5, 5.41) is 0. The molecule has 1 aromatic carbocycles. The lowest BCUT2D eigenvalue weighted by Crippen LogP contribution is -3.18. The molecule has 1 saturated heterocycles. The number of nitrogens with zero attached hydrogens (tertiary/aromatic N) is 1. The van der Waals surface area contributed by atoms with Crippen LogP contribution in [-0.2, 0) is 0 Å². The zero-order valence-corrected chi connectivity index (χ0v) is 14.7. The number of rotatable bonds is 3. The second-order valence-electron chi connectivity index (χ2n) is 7.56. The van der Waals surface area contributed by atoms with Crippen molar-refractivity contribution in [2.75, 3.05) is 31.1 Å². The Morgan fingerprint density at radius 2 is 1.73 bits per heavy atom. The standard InChI is InChI=1S/C20H32N2/c1-4-18-7-9-19(10-8-18)21-11-13-22(14-12-21)20-15-16(2)5-6-17(20)3/h5-6,15,18-19H,4,7-14H2,1-3H3/p+1. The molecule has 0 aromatic heterocycles. The van der Waals surface area contributed by atoms with Gasteiger partial charge in [-0.15, -0.1) is 0 Å². The third-order valence-electron chi connectivity index (χ3n) is 6.11. The fraction of sp³-hybridized carbons (Fsp3) is 0.700. The highest BCUT2D eigenvalue weighted by Crippen LogP contribution is 2.26. The number of hydrogen-bond donors (Lipinski definition) is 1. The second kappa shape index (κ2) is 7.04. The van der Waals surface area contributed by atoms with Crippen LogP contribution in [0.4, 0.5) is 5.69 Å². The van der Waals surface area contributed by atoms with Crippen LogP contribution in [0.15, 0.2) is 18.2 Å². The molecule has 1 aromatic rings. The van der Waals surface area contributed by atoms with E-state index in [0.717, 1.165) is 12.0 Å². The maximum Gasteiger partial charge on any atom is 0.0951 e. The average molecular weight is 301 g/mol. The summed E-state index contributed by atoms with van der Waals surface area (Å²) in [5.74, 6) is 1.02. The summed E-state index contributed by atoms with van der Waals surface area (Å²) in [7, 11) is 0. The Hall–Kier alpha value is -1.02. The Morgan fingerprint density at radius 3 is 2.36 bits per heavy atom. The van der Waals surface area contributed by atoms with Crippen molar-refractivity contribution < 1.29 is 4.90 Å². The minimum atomic E-state index is 0.948. The van der Waals surface area contributed by atoms with Gasteiger partial charge in [0.1, 0.15) is 0 Å². The highest BCUT2D eigenvalue weighted by Gasteiger charge is 2.31. The number of quaternary nitrogens is 1. The Labute approximate surface area is 136 Å². The van der Waals surface area contributed by atoms with Crippen molar-refractivity contribution in [1.82, 2.24) is 0 Å². The van der Waals surface area contributed by atoms with Crippen molar-refractivity contribution in [2.24, 2.45) is 5.92 Å². The van der Waals surface area contributed by atoms with Gasteiger partial charge in [0.2, 0.25) is 0 Å². The molecule has 0 amide bonds. The van der Waals surface area contributed by atoms with Crippen LogP contribution >= 0.6 is 0 Å². The molecule has 1 heterocycles. The van der Waals surface area contributed by atoms with Crippen molar-refractivity contribution in [3.05, 3.63) is 29.3 Å². The predicted molar refractivity (Wildman–Crippen MR) is 94.9 cm³/mol. The largest absolute Gasteiger partial charge is 0.360 e. The van der Waals surface area contributed by atoms with Crippen molar-refractivity contribution in [2.45, 2.75) is 58.9 Å². The molecule has 3 rings (SSSR count). The zero-order chi connectivity index (χ0) is 15.5. The molecule has 0 spiro atoms. The lowest BCUT2D eigenvalue weighted by molar-refractivity contribution is -0.927. The van der Waals surface area contributed by atoms with E-state index in [2.05, 4.69) is 43.9 Å². The summed E-state index contributed by atoms with van der Waals surface area (Å²) >= 11 is 0. The highest BCUT2D eigenvalue weighted by molar-refractivity contribution is 5.55. The number of hydrogen-bond acceptors (Lipinski definition) is 1. The summed E-state index contributed by atoms with van der Waals surface area (Å²) in [6.07, 6.45) is 7.29. The van der Waals surface area contributed by atoms with Gasteiger partial charge in [-0.3, -0.25) is 0 Å². The molecule has 0 bridgehead atoms. The molecule has 2 aliphatic rings. The van der Waals surface area contributed by atoms with Crippen LogP contribution < -0.4 is 9.80 Å². The predicted octanol–water partition coefficient (Wildman–Crippen LogP) is 2.98. The smallest absolute Gasteiger partial charge is 0.0951 e. The number of piperazine rings is 1. The van der Waals surface area contributed by atoms with Crippen LogP contribution in [0.25, 0.3) is 0 Å². The fourth-order valence-electron chi connectivity index (χ4n) is 4.48. The Kier molecular flexibility index (Phi) is 5.07. The molecule has 0 unspecified atom stereocenters. The number of nitrogens with one attached hydrogen (secondary N) is 1. The fourth-order valence-corrected chi connectivity index (χ4v) is 4.48. The first kappa shape index (κ1) is 15.9. The van der Waals surface area contributed by atoms with Crippen molar-refractivity contribution in [1.29, 1.82) is 0 Å². The lowest BCUT2D eigenvalue weighted by atomic mass is 9.84. The van der Waals surface area contributed by atoms with Crippen LogP contribution in [0.3, 0.4) is 0 Å². The molecule has 22 heavy (non-hydrogen) atoms. The van der Waals surface area contributed by atoms with Gasteiger partial charge in [0, 0.05) is 5.69 Å². The summed E-state index contributed by atoms with van der Waals surface area (Å²) in [5.41, 5.74) is 4.28. The maximum absolute atomic E-state index is 2.61. The third-order valence-corrected chi connectivity index (χ3v) is 6.11. The van der Waals surface area contributed by atoms with Crippen molar-refractivity contribution >= 4 is 5.69 Å². The second-order valence-corrected chi connectivity index (χ2v) is 7.56. The quantitative estimate of drug-likeness (QED) is 0.902. The SMILES string of the molecule is CCC1CCC([NH+]2CCN(c3cc(C)ccc3C)CC2)CC1. The number of anilines is 1. The van der Waals surface area contributed by atoms with E-state index < -0.39 is 0 Å². The van der Waals surface area contributed by atoms with Gasteiger partial charge < -0.3 is 9.80 Å². The molecule has 1 saturated carbocycles. The van der Waals surface area contributed by atoms with E-state index >= 15 is 0 Å². The first-order valence-corrected chi connectivity index (χ1v) is 9.34. The molecule has 1 N–H and O–H groups in total. The summed E-state index contributed by atoms with van der Waals surface area (Å²) in [6.45, 7) is 11.9. The summed E-state index contributed by atoms with van der Waals surface area (Å²) in [4.78, 5) is 4.50. The first-order valence-electron chi connectivity index (χ1n) is 9.34. The van der Waals surface area contributed by atoms with E-state index in [0.29, 0.717) is 0 Å². The Bertz CT molecular complexity index is 480. The molecule has 1 aliphatic heterocycles. The maximum atomic E-state index is 2.61. The molecular weight excluding hydrogens is 268 g/mol. The number of aryl methyl sites for hydroxylation is 2. The summed E-state index contributed by atoms with van der Waals surface area (Å²) in [6, 6.07) is 7.82. The van der Waals surface area contributed by atoms with Crippen LogP contribution in [0, 0.1) is 19.8 Å². The molecule has 122 valence electrons. The minimum Gasteiger partial charge on any atom is -0.360 e. The van der Waals surface area contributed by atoms with Crippen LogP contribution in [-0.4, -0.2) is 32.2 Å². The van der Waals surface area contributed by atoms with Gasteiger partial charge in [-0.2, -0.15) is 0 Å². The Morgan fingerprint density at radius 1 is 1.05 bits per heavy atom. The van der Waals surface area contributed by atoms with Crippen LogP contribution in [0.2, 0.25) is 0 Å². The lowest BCUT2D eigenvalue weighted by Gasteiger charge is -2.40. The molecule has 1 aliphatic carbocycles. The minimum absolute atomic E-state index is 0.948. The highest BCUT2D eigenvalue weighted by atomic mass is 15.3. The molecule has 2 nitrogen and oxygen atoms in total. The number of benzene rings is 1. The molecule has 2 heteroatoms. The van der Waals surface area contributed by atoms with Gasteiger partial charge in [0.25, 0.3) is 0 Å². The van der Waals surface area contributed by atoms with Gasteiger partial charge in [-0.05, 0) is 62.6 Å². The van der Waals surface area contributed by atoms with Gasteiger partial charge >= 0.3 is 0 Å². The van der Waals surface area contributed by atoms with Gasteiger partial charge in [-0.1, -0.05) is 25.5 Å². The van der Waals surface area contributed by atoms with E-state index in [-0.39, 0.29) is 0 Å². The molecule has 2 fully saturated rings. The van der Waals surface area contributed by atoms with Gasteiger partial charge in [0.15, 0.2) is 0 Å². The summed E-state index contributed by atoms with van der Waals surface area (Å²) < 4.78 is 0. The van der Waals surface area contributed by atoms with Crippen molar-refractivity contribution in [3.8, 4) is 0 Å². The first-order chi connectivity index (χ1) is 10.7. The van der Waals surface area contributed by atoms with E-state index in [9.17, 15) is 0 Å². The van der Waals surface area contributed by atoms with E-state index in [4.69, 9.17) is 0 Å². The van der Waals surface area contributed by atoms with Crippen LogP contribution in [0.1, 0.15) is 50.2 Å². The van der Waals surface area contributed by atoms with E-state index in [1.54, 1.807) is 0 Å². The monoisotopic (exact) mass is 301 g/mol. The molecule has 0 radical (unpaired) electrons.